The summed E-state index contributed by atoms with van der Waals surface area (Å²) in [7, 11) is 0. The van der Waals surface area contributed by atoms with Crippen LogP contribution >= 0.6 is 0 Å². The third-order valence-corrected chi connectivity index (χ3v) is 3.87. The van der Waals surface area contributed by atoms with E-state index in [0.717, 1.165) is 0 Å². The van der Waals surface area contributed by atoms with Gasteiger partial charge in [0.1, 0.15) is 0 Å². The zero-order valence-corrected chi connectivity index (χ0v) is 13.0. The number of nitro groups is 1. The van der Waals surface area contributed by atoms with Crippen LogP contribution in [-0.2, 0) is 16.2 Å². The van der Waals surface area contributed by atoms with Crippen LogP contribution in [0.4, 0.5) is 0 Å². The average molecular weight is 335 g/mol. The Morgan fingerprint density at radius 3 is 2.36 bits per heavy atom. The number of carbonyl (C=O) groups excluding carboxylic acids is 2. The number of allylic oxidation sites excluding steroid dienone is 9. The number of aliphatic hydroxyl groups is 1. The van der Waals surface area contributed by atoms with Gasteiger partial charge in [0, 0.05) is 11.6 Å². The molecule has 1 aromatic carbocycles. The summed E-state index contributed by atoms with van der Waals surface area (Å²) in [6, 6.07) is 6.64. The van der Waals surface area contributed by atoms with Crippen LogP contribution in [-0.4, -0.2) is 21.6 Å². The van der Waals surface area contributed by atoms with Gasteiger partial charge >= 0.3 is 5.70 Å². The molecule has 0 saturated heterocycles. The number of rotatable bonds is 3. The van der Waals surface area contributed by atoms with Crippen LogP contribution in [0.1, 0.15) is 11.1 Å². The SMILES string of the molecule is O=C1C=CC(=C2C=C(c3cccc(CO)c3)C(=O)C([N+](=O)[O-])=C2)C=C1. The first-order valence-corrected chi connectivity index (χ1v) is 7.46. The fourth-order valence-corrected chi connectivity index (χ4v) is 2.61. The van der Waals surface area contributed by atoms with Crippen LogP contribution in [0.25, 0.3) is 5.57 Å². The van der Waals surface area contributed by atoms with E-state index in [4.69, 9.17) is 0 Å². The van der Waals surface area contributed by atoms with Crippen LogP contribution in [0.5, 0.6) is 0 Å². The van der Waals surface area contributed by atoms with Crippen LogP contribution in [0.15, 0.2) is 77.6 Å². The van der Waals surface area contributed by atoms with Gasteiger partial charge in [-0.15, -0.1) is 0 Å². The second kappa shape index (κ2) is 6.62. The molecule has 0 spiro atoms. The van der Waals surface area contributed by atoms with E-state index in [-0.39, 0.29) is 18.0 Å². The first-order valence-electron chi connectivity index (χ1n) is 7.46. The number of hydrogen-bond acceptors (Lipinski definition) is 5. The fraction of sp³-hybridized carbons (Fsp3) is 0.0526. The highest BCUT2D eigenvalue weighted by Crippen LogP contribution is 2.30. The van der Waals surface area contributed by atoms with Gasteiger partial charge in [0.05, 0.1) is 11.5 Å². The number of carbonyl (C=O) groups is 2. The van der Waals surface area contributed by atoms with Gasteiger partial charge in [-0.3, -0.25) is 19.7 Å². The molecular weight excluding hydrogens is 322 g/mol. The van der Waals surface area contributed by atoms with Crippen molar-refractivity contribution < 1.29 is 19.6 Å². The predicted octanol–water partition coefficient (Wildman–Crippen LogP) is 2.30. The Bertz CT molecular complexity index is 926. The van der Waals surface area contributed by atoms with E-state index < -0.39 is 16.4 Å². The van der Waals surface area contributed by atoms with Gasteiger partial charge in [-0.2, -0.15) is 0 Å². The Hall–Kier alpha value is -3.38. The van der Waals surface area contributed by atoms with Gasteiger partial charge in [0.2, 0.25) is 0 Å². The van der Waals surface area contributed by atoms with E-state index in [1.807, 2.05) is 0 Å². The zero-order chi connectivity index (χ0) is 18.0. The van der Waals surface area contributed by atoms with E-state index in [0.29, 0.717) is 22.3 Å². The molecule has 0 atom stereocenters. The molecule has 0 bridgehead atoms. The lowest BCUT2D eigenvalue weighted by Crippen LogP contribution is -2.17. The number of Topliss-reactive ketones (excluding diaryl/α,β-unsaturated/α-hetero) is 1. The van der Waals surface area contributed by atoms with E-state index >= 15 is 0 Å². The molecular formula is C19H13NO5. The standard InChI is InChI=1S/C19H13NO5/c21-11-12-2-1-3-14(8-12)17-9-15(10-18(19(17)23)20(24)25)13-4-6-16(22)7-5-13/h1-10,21H,11H2. The minimum atomic E-state index is -0.715. The van der Waals surface area contributed by atoms with Crippen molar-refractivity contribution in [3.63, 3.8) is 0 Å². The fourth-order valence-electron chi connectivity index (χ4n) is 2.61. The molecule has 6 heteroatoms. The summed E-state index contributed by atoms with van der Waals surface area (Å²) in [4.78, 5) is 34.3. The van der Waals surface area contributed by atoms with Crippen molar-refractivity contribution in [2.24, 2.45) is 0 Å². The highest BCUT2D eigenvalue weighted by Gasteiger charge is 2.31. The number of benzene rings is 1. The Balaban J connectivity index is 2.17. The third kappa shape index (κ3) is 3.29. The van der Waals surface area contributed by atoms with Crippen molar-refractivity contribution in [1.82, 2.24) is 0 Å². The summed E-state index contributed by atoms with van der Waals surface area (Å²) in [6.07, 6.45) is 8.60. The molecule has 2 aliphatic rings. The van der Waals surface area contributed by atoms with Crippen molar-refractivity contribution in [3.05, 3.63) is 98.8 Å². The normalized spacial score (nSPS) is 16.8. The molecule has 0 aliphatic heterocycles. The van der Waals surface area contributed by atoms with Gasteiger partial charge in [-0.05, 0) is 46.6 Å². The molecule has 6 nitrogen and oxygen atoms in total. The molecule has 0 radical (unpaired) electrons. The number of nitrogens with zero attached hydrogens (tertiary/aromatic N) is 1. The Morgan fingerprint density at radius 1 is 1.00 bits per heavy atom. The lowest BCUT2D eigenvalue weighted by molar-refractivity contribution is -0.418. The lowest BCUT2D eigenvalue weighted by Gasteiger charge is -2.14. The molecule has 0 unspecified atom stereocenters. The maximum Gasteiger partial charge on any atom is 0.317 e. The van der Waals surface area contributed by atoms with Gasteiger partial charge < -0.3 is 5.11 Å². The van der Waals surface area contributed by atoms with Crippen molar-refractivity contribution in [3.8, 4) is 0 Å². The summed E-state index contributed by atoms with van der Waals surface area (Å²) >= 11 is 0. The summed E-state index contributed by atoms with van der Waals surface area (Å²) in [5, 5.41) is 20.5. The molecule has 2 aliphatic carbocycles. The number of aliphatic hydroxyl groups excluding tert-OH is 1. The molecule has 0 saturated carbocycles. The van der Waals surface area contributed by atoms with Gasteiger partial charge in [-0.1, -0.05) is 30.4 Å². The molecule has 0 fully saturated rings. The van der Waals surface area contributed by atoms with Crippen LogP contribution in [0.2, 0.25) is 0 Å². The maximum absolute atomic E-state index is 12.5. The van der Waals surface area contributed by atoms with Crippen molar-refractivity contribution in [2.75, 3.05) is 0 Å². The maximum atomic E-state index is 12.5. The molecule has 124 valence electrons. The van der Waals surface area contributed by atoms with Crippen LogP contribution in [0.3, 0.4) is 0 Å². The first kappa shape index (κ1) is 16.5. The largest absolute Gasteiger partial charge is 0.392 e. The first-order chi connectivity index (χ1) is 12.0. The summed E-state index contributed by atoms with van der Waals surface area (Å²) in [5.41, 5.74) is 1.79. The summed E-state index contributed by atoms with van der Waals surface area (Å²) in [5.74, 6) is -0.862. The molecule has 0 heterocycles. The minimum Gasteiger partial charge on any atom is -0.392 e. The highest BCUT2D eigenvalue weighted by molar-refractivity contribution is 6.29. The van der Waals surface area contributed by atoms with E-state index in [9.17, 15) is 24.8 Å². The molecule has 25 heavy (non-hydrogen) atoms. The monoisotopic (exact) mass is 335 g/mol. The Labute approximate surface area is 142 Å². The number of ketones is 2. The van der Waals surface area contributed by atoms with Gasteiger partial charge in [-0.25, -0.2) is 0 Å². The molecule has 1 aromatic rings. The lowest BCUT2D eigenvalue weighted by atomic mass is 9.89. The van der Waals surface area contributed by atoms with E-state index in [1.54, 1.807) is 42.5 Å². The van der Waals surface area contributed by atoms with Crippen molar-refractivity contribution in [2.45, 2.75) is 6.61 Å². The molecule has 1 N–H and O–H groups in total. The Morgan fingerprint density at radius 2 is 1.72 bits per heavy atom. The van der Waals surface area contributed by atoms with Gasteiger partial charge in [0.25, 0.3) is 5.78 Å². The summed E-state index contributed by atoms with van der Waals surface area (Å²) in [6.45, 7) is -0.200. The average Bonchev–Trinajstić information content (AvgIpc) is 2.62. The van der Waals surface area contributed by atoms with Gasteiger partial charge in [0.15, 0.2) is 5.78 Å². The predicted molar refractivity (Wildman–Crippen MR) is 90.7 cm³/mol. The van der Waals surface area contributed by atoms with Crippen molar-refractivity contribution >= 4 is 17.1 Å². The smallest absolute Gasteiger partial charge is 0.317 e. The van der Waals surface area contributed by atoms with Crippen molar-refractivity contribution in [1.29, 1.82) is 0 Å². The minimum absolute atomic E-state index is 0.172. The number of hydrogen-bond donors (Lipinski definition) is 1. The van der Waals surface area contributed by atoms with E-state index in [2.05, 4.69) is 0 Å². The molecule has 0 aromatic heterocycles. The molecule has 3 rings (SSSR count). The van der Waals surface area contributed by atoms with Crippen LogP contribution in [0, 0.1) is 10.1 Å². The zero-order valence-electron chi connectivity index (χ0n) is 13.0. The highest BCUT2D eigenvalue weighted by atomic mass is 16.6. The summed E-state index contributed by atoms with van der Waals surface area (Å²) < 4.78 is 0. The van der Waals surface area contributed by atoms with Crippen LogP contribution < -0.4 is 0 Å². The second-order valence-corrected chi connectivity index (χ2v) is 5.51. The second-order valence-electron chi connectivity index (χ2n) is 5.51. The quantitative estimate of drug-likeness (QED) is 0.675. The van der Waals surface area contributed by atoms with E-state index in [1.165, 1.54) is 18.2 Å². The third-order valence-electron chi connectivity index (χ3n) is 3.87. The Kier molecular flexibility index (Phi) is 4.36. The molecule has 0 amide bonds. The topological polar surface area (TPSA) is 97.5 Å².